The van der Waals surface area contributed by atoms with Crippen LogP contribution in [-0.2, 0) is 0 Å². The van der Waals surface area contributed by atoms with Crippen LogP contribution in [0, 0.1) is 19.8 Å². The van der Waals surface area contributed by atoms with Crippen LogP contribution in [0.3, 0.4) is 0 Å². The van der Waals surface area contributed by atoms with Gasteiger partial charge in [-0.2, -0.15) is 0 Å². The van der Waals surface area contributed by atoms with E-state index >= 15 is 0 Å². The van der Waals surface area contributed by atoms with E-state index in [1.165, 1.54) is 41.0 Å². The van der Waals surface area contributed by atoms with Gasteiger partial charge in [0, 0.05) is 15.8 Å². The molecular formula is C16H29NS. The van der Waals surface area contributed by atoms with Crippen LogP contribution < -0.4 is 5.32 Å². The lowest BCUT2D eigenvalue weighted by Crippen LogP contribution is -2.21. The average Bonchev–Trinajstić information content (AvgIpc) is 2.63. The summed E-state index contributed by atoms with van der Waals surface area (Å²) in [6, 6.07) is 2.95. The molecule has 1 aromatic rings. The van der Waals surface area contributed by atoms with Crippen molar-refractivity contribution in [2.45, 2.75) is 66.3 Å². The van der Waals surface area contributed by atoms with Gasteiger partial charge in [0.1, 0.15) is 0 Å². The summed E-state index contributed by atoms with van der Waals surface area (Å²) in [6.45, 7) is 12.4. The summed E-state index contributed by atoms with van der Waals surface area (Å²) >= 11 is 1.97. The molecule has 1 heterocycles. The van der Waals surface area contributed by atoms with Gasteiger partial charge in [-0.15, -0.1) is 11.3 Å². The molecule has 1 rings (SSSR count). The third-order valence-electron chi connectivity index (χ3n) is 3.44. The molecule has 1 N–H and O–H groups in total. The lowest BCUT2D eigenvalue weighted by atomic mass is 10.0. The van der Waals surface area contributed by atoms with Crippen LogP contribution in [0.25, 0.3) is 0 Å². The zero-order valence-corrected chi connectivity index (χ0v) is 13.5. The molecule has 1 aromatic heterocycles. The molecule has 0 aliphatic heterocycles. The molecule has 0 amide bonds. The van der Waals surface area contributed by atoms with Crippen LogP contribution in [-0.4, -0.2) is 6.54 Å². The summed E-state index contributed by atoms with van der Waals surface area (Å²) in [6.07, 6.45) is 5.16. The monoisotopic (exact) mass is 267 g/mol. The normalized spacial score (nSPS) is 13.2. The Bertz CT molecular complexity index is 321. The fraction of sp³-hybridized carbons (Fsp3) is 0.750. The first-order valence-corrected chi connectivity index (χ1v) is 8.16. The number of thiophene rings is 1. The number of nitrogens with one attached hydrogen (secondary N) is 1. The van der Waals surface area contributed by atoms with Crippen molar-refractivity contribution >= 4 is 11.3 Å². The second-order valence-electron chi connectivity index (χ2n) is 5.72. The molecule has 1 atom stereocenters. The molecule has 2 heteroatoms. The molecule has 0 saturated heterocycles. The minimum absolute atomic E-state index is 0.570. The SMILES string of the molecule is CCCNC(CCCC(C)C)c1cc(C)c(C)s1. The Morgan fingerprint density at radius 2 is 1.94 bits per heavy atom. The van der Waals surface area contributed by atoms with Crippen molar-refractivity contribution in [2.24, 2.45) is 5.92 Å². The largest absolute Gasteiger partial charge is 0.309 e. The van der Waals surface area contributed by atoms with E-state index in [1.54, 1.807) is 0 Å². The lowest BCUT2D eigenvalue weighted by molar-refractivity contribution is 0.452. The van der Waals surface area contributed by atoms with Crippen molar-refractivity contribution in [1.29, 1.82) is 0 Å². The summed E-state index contributed by atoms with van der Waals surface area (Å²) in [5.41, 5.74) is 1.45. The van der Waals surface area contributed by atoms with Crippen molar-refractivity contribution in [3.8, 4) is 0 Å². The second-order valence-corrected chi connectivity index (χ2v) is 7.01. The van der Waals surface area contributed by atoms with Crippen LogP contribution >= 0.6 is 11.3 Å². The van der Waals surface area contributed by atoms with Crippen LogP contribution in [0.4, 0.5) is 0 Å². The van der Waals surface area contributed by atoms with E-state index in [1.807, 2.05) is 11.3 Å². The summed E-state index contributed by atoms with van der Waals surface area (Å²) < 4.78 is 0. The molecule has 0 aliphatic carbocycles. The van der Waals surface area contributed by atoms with Crippen LogP contribution in [0.15, 0.2) is 6.07 Å². The zero-order chi connectivity index (χ0) is 13.5. The van der Waals surface area contributed by atoms with Crippen molar-refractivity contribution in [1.82, 2.24) is 5.32 Å². The molecule has 18 heavy (non-hydrogen) atoms. The number of hydrogen-bond acceptors (Lipinski definition) is 2. The van der Waals surface area contributed by atoms with Gasteiger partial charge in [0.25, 0.3) is 0 Å². The highest BCUT2D eigenvalue weighted by molar-refractivity contribution is 7.12. The Morgan fingerprint density at radius 3 is 2.44 bits per heavy atom. The summed E-state index contributed by atoms with van der Waals surface area (Å²) in [7, 11) is 0. The van der Waals surface area contributed by atoms with Gasteiger partial charge in [-0.05, 0) is 50.8 Å². The minimum atomic E-state index is 0.570. The fourth-order valence-electron chi connectivity index (χ4n) is 2.17. The van der Waals surface area contributed by atoms with Gasteiger partial charge < -0.3 is 5.32 Å². The summed E-state index contributed by atoms with van der Waals surface area (Å²) in [5.74, 6) is 0.823. The highest BCUT2D eigenvalue weighted by Gasteiger charge is 2.14. The van der Waals surface area contributed by atoms with Crippen molar-refractivity contribution in [3.05, 3.63) is 21.4 Å². The molecule has 0 fully saturated rings. The standard InChI is InChI=1S/C16H29NS/c1-6-10-17-15(9-7-8-12(2)3)16-11-13(4)14(5)18-16/h11-12,15,17H,6-10H2,1-5H3. The third kappa shape index (κ3) is 5.11. The Kier molecular flexibility index (Phi) is 6.95. The first-order valence-electron chi connectivity index (χ1n) is 7.34. The molecule has 0 bridgehead atoms. The topological polar surface area (TPSA) is 12.0 Å². The Labute approximate surface area is 117 Å². The van der Waals surface area contributed by atoms with Gasteiger partial charge >= 0.3 is 0 Å². The number of aryl methyl sites for hydroxylation is 2. The Balaban J connectivity index is 2.59. The third-order valence-corrected chi connectivity index (χ3v) is 4.71. The van der Waals surface area contributed by atoms with E-state index in [0.717, 1.165) is 12.5 Å². The molecule has 1 unspecified atom stereocenters. The van der Waals surface area contributed by atoms with Gasteiger partial charge in [0.05, 0.1) is 0 Å². The Morgan fingerprint density at radius 1 is 1.22 bits per heavy atom. The second kappa shape index (κ2) is 7.96. The van der Waals surface area contributed by atoms with E-state index in [9.17, 15) is 0 Å². The highest BCUT2D eigenvalue weighted by Crippen LogP contribution is 2.29. The van der Waals surface area contributed by atoms with E-state index in [2.05, 4.69) is 46.0 Å². The van der Waals surface area contributed by atoms with Crippen molar-refractivity contribution in [3.63, 3.8) is 0 Å². The summed E-state index contributed by atoms with van der Waals surface area (Å²) in [4.78, 5) is 3.00. The van der Waals surface area contributed by atoms with E-state index in [4.69, 9.17) is 0 Å². The van der Waals surface area contributed by atoms with Crippen LogP contribution in [0.5, 0.6) is 0 Å². The van der Waals surface area contributed by atoms with Gasteiger partial charge in [-0.25, -0.2) is 0 Å². The average molecular weight is 267 g/mol. The van der Waals surface area contributed by atoms with Gasteiger partial charge in [0.15, 0.2) is 0 Å². The van der Waals surface area contributed by atoms with E-state index in [0.29, 0.717) is 6.04 Å². The molecule has 0 aliphatic rings. The van der Waals surface area contributed by atoms with Gasteiger partial charge in [-0.1, -0.05) is 33.6 Å². The van der Waals surface area contributed by atoms with Crippen LogP contribution in [0.2, 0.25) is 0 Å². The zero-order valence-electron chi connectivity index (χ0n) is 12.7. The number of hydrogen-bond donors (Lipinski definition) is 1. The molecule has 0 radical (unpaired) electrons. The minimum Gasteiger partial charge on any atom is -0.309 e. The predicted molar refractivity (Wildman–Crippen MR) is 83.5 cm³/mol. The fourth-order valence-corrected chi connectivity index (χ4v) is 3.32. The first kappa shape index (κ1) is 15.7. The predicted octanol–water partition coefficient (Wildman–Crippen LogP) is 5.23. The maximum absolute atomic E-state index is 3.71. The smallest absolute Gasteiger partial charge is 0.0414 e. The van der Waals surface area contributed by atoms with Crippen molar-refractivity contribution < 1.29 is 0 Å². The molecular weight excluding hydrogens is 238 g/mol. The van der Waals surface area contributed by atoms with Crippen LogP contribution in [0.1, 0.15) is 67.8 Å². The first-order chi connectivity index (χ1) is 8.54. The van der Waals surface area contributed by atoms with Gasteiger partial charge in [0.2, 0.25) is 0 Å². The number of rotatable bonds is 8. The van der Waals surface area contributed by atoms with E-state index < -0.39 is 0 Å². The maximum atomic E-state index is 3.71. The molecule has 104 valence electrons. The maximum Gasteiger partial charge on any atom is 0.0414 e. The molecule has 0 aromatic carbocycles. The van der Waals surface area contributed by atoms with Gasteiger partial charge in [-0.3, -0.25) is 0 Å². The highest BCUT2D eigenvalue weighted by atomic mass is 32.1. The van der Waals surface area contributed by atoms with E-state index in [-0.39, 0.29) is 0 Å². The van der Waals surface area contributed by atoms with Crippen molar-refractivity contribution in [2.75, 3.05) is 6.54 Å². The summed E-state index contributed by atoms with van der Waals surface area (Å²) in [5, 5.41) is 3.71. The molecule has 1 nitrogen and oxygen atoms in total. The molecule has 0 saturated carbocycles. The molecule has 0 spiro atoms. The lowest BCUT2D eigenvalue weighted by Gasteiger charge is -2.17. The quantitative estimate of drug-likeness (QED) is 0.680. The Hall–Kier alpha value is -0.340.